The van der Waals surface area contributed by atoms with Crippen molar-refractivity contribution in [2.45, 2.75) is 6.54 Å². The highest BCUT2D eigenvalue weighted by molar-refractivity contribution is 7.18. The fraction of sp³-hybridized carbons (Fsp3) is 0.182. The second-order valence-corrected chi connectivity index (χ2v) is 4.93. The molecule has 0 saturated heterocycles. The highest BCUT2D eigenvalue weighted by Gasteiger charge is 2.17. The van der Waals surface area contributed by atoms with Gasteiger partial charge in [0.25, 0.3) is 0 Å². The zero-order chi connectivity index (χ0) is 13.1. The average molecular weight is 284 g/mol. The van der Waals surface area contributed by atoms with Gasteiger partial charge >= 0.3 is 5.97 Å². The minimum Gasteiger partial charge on any atom is -0.477 e. The number of hydrogen-bond acceptors (Lipinski definition) is 5. The van der Waals surface area contributed by atoms with Gasteiger partial charge in [0.05, 0.1) is 12.2 Å². The molecule has 7 heteroatoms. The first kappa shape index (κ1) is 12.8. The molecule has 0 unspecified atom stereocenters. The van der Waals surface area contributed by atoms with Gasteiger partial charge < -0.3 is 10.0 Å². The minimum atomic E-state index is -1.06. The van der Waals surface area contributed by atoms with Gasteiger partial charge in [-0.3, -0.25) is 4.98 Å². The Morgan fingerprint density at radius 1 is 1.56 bits per heavy atom. The van der Waals surface area contributed by atoms with Gasteiger partial charge in [0, 0.05) is 13.2 Å². The SMILES string of the molecule is CN(Cc1ccccn1)c1nc(Cl)c(C(=O)O)s1. The van der Waals surface area contributed by atoms with Gasteiger partial charge in [-0.2, -0.15) is 0 Å². The summed E-state index contributed by atoms with van der Waals surface area (Å²) in [4.78, 5) is 21.0. The summed E-state index contributed by atoms with van der Waals surface area (Å²) in [6.45, 7) is 0.545. The quantitative estimate of drug-likeness (QED) is 0.934. The third-order valence-corrected chi connectivity index (χ3v) is 3.76. The molecule has 2 aromatic rings. The summed E-state index contributed by atoms with van der Waals surface area (Å²) in [5.74, 6) is -1.06. The molecule has 0 aliphatic heterocycles. The zero-order valence-electron chi connectivity index (χ0n) is 9.50. The van der Waals surface area contributed by atoms with Crippen LogP contribution in [0.4, 0.5) is 5.13 Å². The molecule has 1 N–H and O–H groups in total. The van der Waals surface area contributed by atoms with Gasteiger partial charge in [-0.05, 0) is 12.1 Å². The third kappa shape index (κ3) is 2.77. The molecule has 94 valence electrons. The fourth-order valence-electron chi connectivity index (χ4n) is 1.39. The first-order chi connectivity index (χ1) is 8.58. The van der Waals surface area contributed by atoms with Crippen molar-refractivity contribution in [1.29, 1.82) is 0 Å². The van der Waals surface area contributed by atoms with E-state index in [-0.39, 0.29) is 10.0 Å². The molecule has 0 aliphatic rings. The van der Waals surface area contributed by atoms with Crippen molar-refractivity contribution >= 4 is 34.0 Å². The van der Waals surface area contributed by atoms with E-state index in [4.69, 9.17) is 16.7 Å². The number of aromatic nitrogens is 2. The summed E-state index contributed by atoms with van der Waals surface area (Å²) in [5, 5.41) is 9.49. The molecule has 0 saturated carbocycles. The van der Waals surface area contributed by atoms with E-state index in [1.54, 1.807) is 6.20 Å². The van der Waals surface area contributed by atoms with E-state index in [1.165, 1.54) is 0 Å². The molecule has 0 aliphatic carbocycles. The number of hydrogen-bond donors (Lipinski definition) is 1. The number of nitrogens with zero attached hydrogens (tertiary/aromatic N) is 3. The number of thiazole rings is 1. The number of carbonyl (C=O) groups is 1. The van der Waals surface area contributed by atoms with Crippen molar-refractivity contribution in [3.63, 3.8) is 0 Å². The predicted octanol–water partition coefficient (Wildman–Crippen LogP) is 2.53. The van der Waals surface area contributed by atoms with Crippen LogP contribution in [0.2, 0.25) is 5.15 Å². The number of aromatic carboxylic acids is 1. The van der Waals surface area contributed by atoms with Crippen LogP contribution in [-0.4, -0.2) is 28.1 Å². The number of carboxylic acids is 1. The Kier molecular flexibility index (Phi) is 3.78. The molecule has 2 aromatic heterocycles. The smallest absolute Gasteiger partial charge is 0.349 e. The maximum Gasteiger partial charge on any atom is 0.349 e. The van der Waals surface area contributed by atoms with Crippen LogP contribution in [0, 0.1) is 0 Å². The molecule has 5 nitrogen and oxygen atoms in total. The summed E-state index contributed by atoms with van der Waals surface area (Å²) in [5.41, 5.74) is 0.878. The summed E-state index contributed by atoms with van der Waals surface area (Å²) < 4.78 is 0. The Labute approximate surface area is 113 Å². The van der Waals surface area contributed by atoms with Crippen LogP contribution in [0.1, 0.15) is 15.4 Å². The largest absolute Gasteiger partial charge is 0.477 e. The molecule has 0 amide bonds. The van der Waals surface area contributed by atoms with E-state index < -0.39 is 5.97 Å². The van der Waals surface area contributed by atoms with E-state index in [1.807, 2.05) is 30.1 Å². The summed E-state index contributed by atoms with van der Waals surface area (Å²) in [6, 6.07) is 5.63. The summed E-state index contributed by atoms with van der Waals surface area (Å²) >= 11 is 6.81. The van der Waals surface area contributed by atoms with Crippen LogP contribution in [0.5, 0.6) is 0 Å². The minimum absolute atomic E-state index is 0.0235. The van der Waals surface area contributed by atoms with E-state index in [0.29, 0.717) is 11.7 Å². The molecule has 0 bridgehead atoms. The predicted molar refractivity (Wildman–Crippen MR) is 70.4 cm³/mol. The second-order valence-electron chi connectivity index (χ2n) is 3.60. The number of halogens is 1. The van der Waals surface area contributed by atoms with Crippen molar-refractivity contribution in [3.05, 3.63) is 40.1 Å². The van der Waals surface area contributed by atoms with Gasteiger partial charge in [-0.25, -0.2) is 9.78 Å². The van der Waals surface area contributed by atoms with Crippen LogP contribution in [0.25, 0.3) is 0 Å². The molecule has 0 aromatic carbocycles. The molecule has 0 radical (unpaired) electrons. The third-order valence-electron chi connectivity index (χ3n) is 2.22. The Hall–Kier alpha value is -1.66. The molecule has 2 rings (SSSR count). The maximum absolute atomic E-state index is 10.9. The highest BCUT2D eigenvalue weighted by Crippen LogP contribution is 2.29. The van der Waals surface area contributed by atoms with Crippen molar-refractivity contribution in [1.82, 2.24) is 9.97 Å². The van der Waals surface area contributed by atoms with Gasteiger partial charge in [-0.1, -0.05) is 29.0 Å². The van der Waals surface area contributed by atoms with Crippen molar-refractivity contribution in [2.24, 2.45) is 0 Å². The molecule has 18 heavy (non-hydrogen) atoms. The average Bonchev–Trinajstić information content (AvgIpc) is 2.73. The summed E-state index contributed by atoms with van der Waals surface area (Å²) in [6.07, 6.45) is 1.71. The monoisotopic (exact) mass is 283 g/mol. The number of pyridine rings is 1. The number of anilines is 1. The van der Waals surface area contributed by atoms with E-state index in [0.717, 1.165) is 17.0 Å². The van der Waals surface area contributed by atoms with Crippen LogP contribution in [-0.2, 0) is 6.54 Å². The molecule has 0 spiro atoms. The maximum atomic E-state index is 10.9. The van der Waals surface area contributed by atoms with Gasteiger partial charge in [-0.15, -0.1) is 0 Å². The summed E-state index contributed by atoms with van der Waals surface area (Å²) in [7, 11) is 1.81. The Balaban J connectivity index is 2.17. The number of carboxylic acid groups (broad SMARTS) is 1. The van der Waals surface area contributed by atoms with E-state index in [2.05, 4.69) is 9.97 Å². The lowest BCUT2D eigenvalue weighted by molar-refractivity contribution is 0.0702. The lowest BCUT2D eigenvalue weighted by Crippen LogP contribution is -2.16. The fourth-order valence-corrected chi connectivity index (χ4v) is 2.47. The van der Waals surface area contributed by atoms with Gasteiger partial charge in [0.2, 0.25) is 0 Å². The van der Waals surface area contributed by atoms with Crippen LogP contribution >= 0.6 is 22.9 Å². The molecular formula is C11H10ClN3O2S. The molecular weight excluding hydrogens is 274 g/mol. The van der Waals surface area contributed by atoms with Gasteiger partial charge in [0.1, 0.15) is 0 Å². The van der Waals surface area contributed by atoms with Crippen molar-refractivity contribution in [3.8, 4) is 0 Å². The topological polar surface area (TPSA) is 66.3 Å². The molecule has 0 atom stereocenters. The van der Waals surface area contributed by atoms with Crippen LogP contribution in [0.15, 0.2) is 24.4 Å². The lowest BCUT2D eigenvalue weighted by atomic mass is 10.3. The first-order valence-electron chi connectivity index (χ1n) is 5.08. The normalized spacial score (nSPS) is 10.3. The van der Waals surface area contributed by atoms with Crippen LogP contribution < -0.4 is 4.90 Å². The first-order valence-corrected chi connectivity index (χ1v) is 6.28. The Bertz CT molecular complexity index is 559. The molecule has 2 heterocycles. The zero-order valence-corrected chi connectivity index (χ0v) is 11.1. The van der Waals surface area contributed by atoms with Crippen LogP contribution in [0.3, 0.4) is 0 Å². The Morgan fingerprint density at radius 2 is 2.33 bits per heavy atom. The standard InChI is InChI=1S/C11H10ClN3O2S/c1-15(6-7-4-2-3-5-13-7)11-14-9(12)8(18-11)10(16)17/h2-5H,6H2,1H3,(H,16,17). The molecule has 0 fully saturated rings. The van der Waals surface area contributed by atoms with Crippen molar-refractivity contribution < 1.29 is 9.90 Å². The number of rotatable bonds is 4. The second kappa shape index (κ2) is 5.32. The van der Waals surface area contributed by atoms with E-state index in [9.17, 15) is 4.79 Å². The Morgan fingerprint density at radius 3 is 2.89 bits per heavy atom. The van der Waals surface area contributed by atoms with Crippen molar-refractivity contribution in [2.75, 3.05) is 11.9 Å². The van der Waals surface area contributed by atoms with E-state index >= 15 is 0 Å². The van der Waals surface area contributed by atoms with Gasteiger partial charge in [0.15, 0.2) is 15.2 Å². The highest BCUT2D eigenvalue weighted by atomic mass is 35.5. The lowest BCUT2D eigenvalue weighted by Gasteiger charge is -2.14.